The standard InChI is InChI=1S/C19H23N5O3/c20-17-10-22-18(11-21-17)23-7-6-15-16(12-23)26-9-8-24(15)19(25)27-13-14-4-2-1-3-5-14/h1-5,10-11,15-16H,6-9,12-13H2,(H2,20,21)/t15-,16-/m0/s1. The van der Waals surface area contributed by atoms with Gasteiger partial charge in [-0.3, -0.25) is 0 Å². The van der Waals surface area contributed by atoms with Crippen molar-refractivity contribution in [2.45, 2.75) is 25.2 Å². The van der Waals surface area contributed by atoms with Gasteiger partial charge in [0.2, 0.25) is 0 Å². The van der Waals surface area contributed by atoms with Gasteiger partial charge in [-0.05, 0) is 12.0 Å². The lowest BCUT2D eigenvalue weighted by Crippen LogP contribution is -2.61. The second-order valence-electron chi connectivity index (χ2n) is 6.74. The topological polar surface area (TPSA) is 93.8 Å². The monoisotopic (exact) mass is 369 g/mol. The molecule has 2 aromatic rings. The van der Waals surface area contributed by atoms with Gasteiger partial charge in [-0.2, -0.15) is 0 Å². The van der Waals surface area contributed by atoms with Gasteiger partial charge in [0.1, 0.15) is 18.2 Å². The fraction of sp³-hybridized carbons (Fsp3) is 0.421. The fourth-order valence-corrected chi connectivity index (χ4v) is 3.62. The number of rotatable bonds is 3. The van der Waals surface area contributed by atoms with E-state index in [-0.39, 0.29) is 24.8 Å². The van der Waals surface area contributed by atoms with Crippen molar-refractivity contribution in [2.75, 3.05) is 36.9 Å². The smallest absolute Gasteiger partial charge is 0.410 e. The molecule has 1 aromatic carbocycles. The van der Waals surface area contributed by atoms with E-state index < -0.39 is 0 Å². The van der Waals surface area contributed by atoms with Gasteiger partial charge in [0.05, 0.1) is 31.1 Å². The summed E-state index contributed by atoms with van der Waals surface area (Å²) in [5, 5.41) is 0. The van der Waals surface area contributed by atoms with Crippen LogP contribution in [0, 0.1) is 0 Å². The maximum Gasteiger partial charge on any atom is 0.410 e. The maximum atomic E-state index is 12.6. The quantitative estimate of drug-likeness (QED) is 0.879. The summed E-state index contributed by atoms with van der Waals surface area (Å²) in [6.45, 7) is 2.76. The third kappa shape index (κ3) is 3.95. The molecule has 0 radical (unpaired) electrons. The minimum absolute atomic E-state index is 0.0139. The minimum Gasteiger partial charge on any atom is -0.445 e. The average Bonchev–Trinajstić information content (AvgIpc) is 2.72. The summed E-state index contributed by atoms with van der Waals surface area (Å²) < 4.78 is 11.5. The number of ether oxygens (including phenoxy) is 2. The van der Waals surface area contributed by atoms with Crippen LogP contribution in [0.25, 0.3) is 0 Å². The molecule has 2 atom stereocenters. The van der Waals surface area contributed by atoms with E-state index in [0.717, 1.165) is 24.3 Å². The fourth-order valence-electron chi connectivity index (χ4n) is 3.62. The van der Waals surface area contributed by atoms with Crippen LogP contribution in [0.1, 0.15) is 12.0 Å². The minimum atomic E-state index is -0.280. The number of nitrogens with two attached hydrogens (primary N) is 1. The molecule has 0 spiro atoms. The molecule has 2 aliphatic rings. The first-order chi connectivity index (χ1) is 13.2. The van der Waals surface area contributed by atoms with Gasteiger partial charge < -0.3 is 25.0 Å². The number of piperidine rings is 1. The molecular formula is C19H23N5O3. The molecular weight excluding hydrogens is 346 g/mol. The van der Waals surface area contributed by atoms with Crippen molar-refractivity contribution >= 4 is 17.7 Å². The predicted molar refractivity (Wildman–Crippen MR) is 100 cm³/mol. The molecule has 0 unspecified atom stereocenters. The second-order valence-corrected chi connectivity index (χ2v) is 6.74. The highest BCUT2D eigenvalue weighted by atomic mass is 16.6. The number of hydrogen-bond donors (Lipinski definition) is 1. The van der Waals surface area contributed by atoms with Crippen LogP contribution in [0.3, 0.4) is 0 Å². The highest BCUT2D eigenvalue weighted by Crippen LogP contribution is 2.26. The third-order valence-corrected chi connectivity index (χ3v) is 5.01. The third-order valence-electron chi connectivity index (χ3n) is 5.01. The summed E-state index contributed by atoms with van der Waals surface area (Å²) >= 11 is 0. The highest BCUT2D eigenvalue weighted by Gasteiger charge is 2.40. The Labute approximate surface area is 157 Å². The number of hydrogen-bond acceptors (Lipinski definition) is 7. The first kappa shape index (κ1) is 17.5. The molecule has 2 aliphatic heterocycles. The zero-order valence-electron chi connectivity index (χ0n) is 15.0. The van der Waals surface area contributed by atoms with Crippen LogP contribution in [0.15, 0.2) is 42.7 Å². The molecule has 3 heterocycles. The van der Waals surface area contributed by atoms with E-state index in [1.807, 2.05) is 35.2 Å². The Hall–Kier alpha value is -2.87. The number of morpholine rings is 1. The van der Waals surface area contributed by atoms with Gasteiger partial charge in [0.15, 0.2) is 0 Å². The van der Waals surface area contributed by atoms with Gasteiger partial charge in [-0.1, -0.05) is 30.3 Å². The molecule has 8 heteroatoms. The number of carbonyl (C=O) groups excluding carboxylic acids is 1. The SMILES string of the molecule is Nc1cnc(N2CC[C@H]3[C@H](C2)OCCN3C(=O)OCc2ccccc2)cn1. The van der Waals surface area contributed by atoms with E-state index in [2.05, 4.69) is 14.9 Å². The number of benzene rings is 1. The molecule has 1 amide bonds. The van der Waals surface area contributed by atoms with Crippen molar-refractivity contribution in [3.8, 4) is 0 Å². The van der Waals surface area contributed by atoms with Crippen LogP contribution >= 0.6 is 0 Å². The second kappa shape index (κ2) is 7.79. The number of fused-ring (bicyclic) bond motifs is 1. The Kier molecular flexibility index (Phi) is 5.06. The first-order valence-electron chi connectivity index (χ1n) is 9.12. The van der Waals surface area contributed by atoms with Crippen LogP contribution in [-0.2, 0) is 16.1 Å². The van der Waals surface area contributed by atoms with Crippen molar-refractivity contribution in [3.63, 3.8) is 0 Å². The van der Waals surface area contributed by atoms with E-state index >= 15 is 0 Å². The summed E-state index contributed by atoms with van der Waals surface area (Å²) in [5.74, 6) is 1.17. The van der Waals surface area contributed by atoms with Crippen LogP contribution in [0.5, 0.6) is 0 Å². The molecule has 0 aliphatic carbocycles. The van der Waals surface area contributed by atoms with Crippen LogP contribution in [-0.4, -0.2) is 59.3 Å². The summed E-state index contributed by atoms with van der Waals surface area (Å²) in [6, 6.07) is 9.72. The van der Waals surface area contributed by atoms with E-state index in [4.69, 9.17) is 15.2 Å². The summed E-state index contributed by atoms with van der Waals surface area (Å²) in [5.41, 5.74) is 6.59. The Morgan fingerprint density at radius 1 is 1.22 bits per heavy atom. The molecule has 2 fully saturated rings. The van der Waals surface area contributed by atoms with Crippen molar-refractivity contribution < 1.29 is 14.3 Å². The van der Waals surface area contributed by atoms with E-state index in [9.17, 15) is 4.79 Å². The summed E-state index contributed by atoms with van der Waals surface area (Å²) in [4.78, 5) is 25.0. The normalized spacial score (nSPS) is 22.2. The molecule has 2 N–H and O–H groups in total. The average molecular weight is 369 g/mol. The molecule has 0 bridgehead atoms. The Bertz CT molecular complexity index is 771. The van der Waals surface area contributed by atoms with Gasteiger partial charge in [-0.25, -0.2) is 14.8 Å². The van der Waals surface area contributed by atoms with Crippen LogP contribution < -0.4 is 10.6 Å². The predicted octanol–water partition coefficient (Wildman–Crippen LogP) is 1.68. The van der Waals surface area contributed by atoms with Crippen LogP contribution in [0.2, 0.25) is 0 Å². The molecule has 8 nitrogen and oxygen atoms in total. The molecule has 2 saturated heterocycles. The molecule has 0 saturated carbocycles. The number of amides is 1. The summed E-state index contributed by atoms with van der Waals surface area (Å²) in [6.07, 6.45) is 3.66. The maximum absolute atomic E-state index is 12.6. The lowest BCUT2D eigenvalue weighted by molar-refractivity contribution is -0.0710. The van der Waals surface area contributed by atoms with E-state index in [1.54, 1.807) is 12.4 Å². The summed E-state index contributed by atoms with van der Waals surface area (Å²) in [7, 11) is 0. The highest BCUT2D eigenvalue weighted by molar-refractivity contribution is 5.68. The largest absolute Gasteiger partial charge is 0.445 e. The Morgan fingerprint density at radius 3 is 2.85 bits per heavy atom. The Balaban J connectivity index is 1.37. The zero-order valence-corrected chi connectivity index (χ0v) is 15.0. The number of aromatic nitrogens is 2. The molecule has 1 aromatic heterocycles. The van der Waals surface area contributed by atoms with Crippen molar-refractivity contribution in [2.24, 2.45) is 0 Å². The number of nitrogens with zero attached hydrogens (tertiary/aromatic N) is 4. The van der Waals surface area contributed by atoms with Crippen LogP contribution in [0.4, 0.5) is 16.4 Å². The lowest BCUT2D eigenvalue weighted by Gasteiger charge is -2.46. The van der Waals surface area contributed by atoms with Crippen molar-refractivity contribution in [1.82, 2.24) is 14.9 Å². The first-order valence-corrected chi connectivity index (χ1v) is 9.12. The van der Waals surface area contributed by atoms with E-state index in [1.165, 1.54) is 0 Å². The lowest BCUT2D eigenvalue weighted by atomic mass is 9.99. The van der Waals surface area contributed by atoms with Crippen molar-refractivity contribution in [1.29, 1.82) is 0 Å². The number of nitrogen functional groups attached to an aromatic ring is 1. The number of anilines is 2. The van der Waals surface area contributed by atoms with Gasteiger partial charge in [0, 0.05) is 19.6 Å². The van der Waals surface area contributed by atoms with Gasteiger partial charge in [0.25, 0.3) is 0 Å². The molecule has 4 rings (SSSR count). The molecule has 27 heavy (non-hydrogen) atoms. The Morgan fingerprint density at radius 2 is 2.07 bits per heavy atom. The zero-order chi connectivity index (χ0) is 18.6. The van der Waals surface area contributed by atoms with Crippen molar-refractivity contribution in [3.05, 3.63) is 48.3 Å². The van der Waals surface area contributed by atoms with Gasteiger partial charge >= 0.3 is 6.09 Å². The van der Waals surface area contributed by atoms with E-state index in [0.29, 0.717) is 25.5 Å². The van der Waals surface area contributed by atoms with Gasteiger partial charge in [-0.15, -0.1) is 0 Å². The molecule has 142 valence electrons. The number of carbonyl (C=O) groups is 1.